The summed E-state index contributed by atoms with van der Waals surface area (Å²) in [6.07, 6.45) is 5.87. The maximum absolute atomic E-state index is 5.62. The number of aromatic nitrogens is 2. The summed E-state index contributed by atoms with van der Waals surface area (Å²) in [4.78, 5) is 0. The monoisotopic (exact) mass is 492 g/mol. The summed E-state index contributed by atoms with van der Waals surface area (Å²) in [6, 6.07) is 7.88. The molecule has 0 spiro atoms. The quantitative estimate of drug-likeness (QED) is 0.381. The average molecular weight is 495 g/mol. The molecule has 22 heavy (non-hydrogen) atoms. The number of ether oxygens (including phenoxy) is 1. The number of alkyl halides is 3. The van der Waals surface area contributed by atoms with E-state index in [2.05, 4.69) is 64.9 Å². The van der Waals surface area contributed by atoms with Crippen molar-refractivity contribution in [1.29, 1.82) is 0 Å². The standard InChI is InChI=1S/C15H15Br3N2O2/c1-2-3-10-21-12-7-4-11(5-8-12)6-9-13-19-20-14(22-13)15(16,17)18/h4-9H,2-3,10H2,1H3/b9-6+. The van der Waals surface area contributed by atoms with Crippen LogP contribution >= 0.6 is 47.8 Å². The lowest BCUT2D eigenvalue weighted by Gasteiger charge is -2.04. The lowest BCUT2D eigenvalue weighted by atomic mass is 10.2. The molecule has 0 saturated heterocycles. The lowest BCUT2D eigenvalue weighted by molar-refractivity contribution is 0.309. The van der Waals surface area contributed by atoms with Gasteiger partial charge in [-0.05, 0) is 78.0 Å². The summed E-state index contributed by atoms with van der Waals surface area (Å²) in [7, 11) is 0. The molecular weight excluding hydrogens is 480 g/mol. The molecule has 0 atom stereocenters. The minimum Gasteiger partial charge on any atom is -0.494 e. The summed E-state index contributed by atoms with van der Waals surface area (Å²) in [5, 5.41) is 7.87. The van der Waals surface area contributed by atoms with Gasteiger partial charge in [-0.2, -0.15) is 0 Å². The van der Waals surface area contributed by atoms with Crippen LogP contribution in [0.4, 0.5) is 0 Å². The van der Waals surface area contributed by atoms with Crippen LogP contribution in [0.3, 0.4) is 0 Å². The highest BCUT2D eigenvalue weighted by Gasteiger charge is 2.27. The second-order valence-electron chi connectivity index (χ2n) is 4.55. The van der Waals surface area contributed by atoms with Gasteiger partial charge in [0, 0.05) is 6.08 Å². The molecule has 0 N–H and O–H groups in total. The van der Waals surface area contributed by atoms with Crippen molar-refractivity contribution in [2.75, 3.05) is 6.61 Å². The van der Waals surface area contributed by atoms with Crippen LogP contribution in [0.25, 0.3) is 12.2 Å². The van der Waals surface area contributed by atoms with Gasteiger partial charge in [-0.15, -0.1) is 10.2 Å². The van der Waals surface area contributed by atoms with Crippen molar-refractivity contribution in [3.8, 4) is 5.75 Å². The van der Waals surface area contributed by atoms with Crippen molar-refractivity contribution >= 4 is 59.9 Å². The van der Waals surface area contributed by atoms with Crippen LogP contribution in [0.2, 0.25) is 0 Å². The van der Waals surface area contributed by atoms with E-state index in [0.717, 1.165) is 30.8 Å². The van der Waals surface area contributed by atoms with Crippen LogP contribution in [0, 0.1) is 0 Å². The van der Waals surface area contributed by atoms with Gasteiger partial charge in [-0.1, -0.05) is 25.5 Å². The summed E-state index contributed by atoms with van der Waals surface area (Å²) < 4.78 is 10.4. The van der Waals surface area contributed by atoms with Crippen molar-refractivity contribution in [2.24, 2.45) is 0 Å². The molecule has 1 aromatic carbocycles. The number of hydrogen-bond donors (Lipinski definition) is 0. The van der Waals surface area contributed by atoms with Crippen molar-refractivity contribution in [3.63, 3.8) is 0 Å². The molecule has 118 valence electrons. The molecule has 2 aromatic rings. The van der Waals surface area contributed by atoms with E-state index < -0.39 is 2.14 Å². The summed E-state index contributed by atoms with van der Waals surface area (Å²) in [5.74, 6) is 1.71. The molecule has 0 radical (unpaired) electrons. The molecule has 0 bridgehead atoms. The Labute approximate surface area is 154 Å². The van der Waals surface area contributed by atoms with Crippen LogP contribution in [0.1, 0.15) is 37.1 Å². The Bertz CT molecular complexity index is 618. The molecule has 1 heterocycles. The van der Waals surface area contributed by atoms with Crippen molar-refractivity contribution < 1.29 is 9.15 Å². The van der Waals surface area contributed by atoms with E-state index >= 15 is 0 Å². The van der Waals surface area contributed by atoms with Gasteiger partial charge in [0.25, 0.3) is 5.89 Å². The van der Waals surface area contributed by atoms with Crippen LogP contribution in [-0.4, -0.2) is 16.8 Å². The highest BCUT2D eigenvalue weighted by Crippen LogP contribution is 2.43. The van der Waals surface area contributed by atoms with Crippen LogP contribution < -0.4 is 4.74 Å². The second-order valence-corrected chi connectivity index (χ2v) is 11.3. The molecular formula is C15H15Br3N2O2. The maximum atomic E-state index is 5.62. The van der Waals surface area contributed by atoms with Crippen molar-refractivity contribution in [3.05, 3.63) is 41.6 Å². The normalized spacial score (nSPS) is 12.0. The number of unbranched alkanes of at least 4 members (excludes halogenated alkanes) is 1. The summed E-state index contributed by atoms with van der Waals surface area (Å²) >= 11 is 9.99. The van der Waals surface area contributed by atoms with Gasteiger partial charge in [0.05, 0.1) is 6.61 Å². The van der Waals surface area contributed by atoms with E-state index in [4.69, 9.17) is 9.15 Å². The fraction of sp³-hybridized carbons (Fsp3) is 0.333. The predicted octanol–water partition coefficient (Wildman–Crippen LogP) is 5.71. The molecule has 0 unspecified atom stereocenters. The van der Waals surface area contributed by atoms with E-state index in [0.29, 0.717) is 11.8 Å². The first kappa shape index (κ1) is 17.7. The van der Waals surface area contributed by atoms with E-state index in [-0.39, 0.29) is 0 Å². The Balaban J connectivity index is 1.97. The molecule has 0 amide bonds. The average Bonchev–Trinajstić information content (AvgIpc) is 2.96. The molecule has 4 nitrogen and oxygen atoms in total. The number of halogens is 3. The van der Waals surface area contributed by atoms with E-state index in [9.17, 15) is 0 Å². The SMILES string of the molecule is CCCCOc1ccc(/C=C/c2nnc(C(Br)(Br)Br)o2)cc1. The summed E-state index contributed by atoms with van der Waals surface area (Å²) in [5.41, 5.74) is 1.03. The lowest BCUT2D eigenvalue weighted by Crippen LogP contribution is -1.97. The first-order chi connectivity index (χ1) is 10.5. The molecule has 0 aliphatic heterocycles. The van der Waals surface area contributed by atoms with E-state index in [1.165, 1.54) is 0 Å². The Morgan fingerprint density at radius 1 is 1.14 bits per heavy atom. The molecule has 2 rings (SSSR count). The Kier molecular flexibility index (Phi) is 6.65. The van der Waals surface area contributed by atoms with Gasteiger partial charge in [-0.25, -0.2) is 0 Å². The molecule has 0 saturated carbocycles. The highest BCUT2D eigenvalue weighted by atomic mass is 80.0. The number of hydrogen-bond acceptors (Lipinski definition) is 4. The molecule has 7 heteroatoms. The van der Waals surface area contributed by atoms with Gasteiger partial charge in [0.1, 0.15) is 5.75 Å². The zero-order valence-corrected chi connectivity index (χ0v) is 16.7. The highest BCUT2D eigenvalue weighted by molar-refractivity contribution is 9.38. The van der Waals surface area contributed by atoms with Crippen molar-refractivity contribution in [1.82, 2.24) is 10.2 Å². The fourth-order valence-electron chi connectivity index (χ4n) is 1.59. The predicted molar refractivity (Wildman–Crippen MR) is 98.5 cm³/mol. The van der Waals surface area contributed by atoms with Gasteiger partial charge < -0.3 is 9.15 Å². The third kappa shape index (κ3) is 5.52. The van der Waals surface area contributed by atoms with Crippen LogP contribution in [0.15, 0.2) is 28.7 Å². The van der Waals surface area contributed by atoms with Crippen molar-refractivity contribution in [2.45, 2.75) is 21.9 Å². The first-order valence-corrected chi connectivity index (χ1v) is 9.18. The van der Waals surface area contributed by atoms with E-state index in [1.54, 1.807) is 6.08 Å². The van der Waals surface area contributed by atoms with E-state index in [1.807, 2.05) is 30.3 Å². The summed E-state index contributed by atoms with van der Waals surface area (Å²) in [6.45, 7) is 2.90. The number of nitrogens with zero attached hydrogens (tertiary/aromatic N) is 2. The molecule has 0 aliphatic carbocycles. The Hall–Kier alpha value is -0.660. The third-order valence-corrected chi connectivity index (χ3v) is 3.77. The molecule has 0 fully saturated rings. The fourth-order valence-corrected chi connectivity index (χ4v) is 2.07. The van der Waals surface area contributed by atoms with Crippen LogP contribution in [-0.2, 0) is 2.14 Å². The smallest absolute Gasteiger partial charge is 0.255 e. The third-order valence-electron chi connectivity index (χ3n) is 2.75. The van der Waals surface area contributed by atoms with Gasteiger partial charge in [0.2, 0.25) is 8.03 Å². The van der Waals surface area contributed by atoms with Crippen LogP contribution in [0.5, 0.6) is 5.75 Å². The maximum Gasteiger partial charge on any atom is 0.255 e. The zero-order valence-electron chi connectivity index (χ0n) is 11.9. The minimum absolute atomic E-state index is 0.395. The molecule has 0 aliphatic rings. The molecule has 1 aromatic heterocycles. The number of benzene rings is 1. The number of rotatable bonds is 6. The van der Waals surface area contributed by atoms with Gasteiger partial charge >= 0.3 is 0 Å². The van der Waals surface area contributed by atoms with Gasteiger partial charge in [-0.3, -0.25) is 0 Å². The first-order valence-electron chi connectivity index (χ1n) is 6.80. The Morgan fingerprint density at radius 3 is 2.45 bits per heavy atom. The largest absolute Gasteiger partial charge is 0.494 e. The Morgan fingerprint density at radius 2 is 1.86 bits per heavy atom. The van der Waals surface area contributed by atoms with Gasteiger partial charge in [0.15, 0.2) is 0 Å². The zero-order chi connectivity index (χ0) is 16.0. The topological polar surface area (TPSA) is 48.2 Å². The minimum atomic E-state index is -0.691. The second kappa shape index (κ2) is 8.26.